The molecule has 0 heterocycles. The van der Waals surface area contributed by atoms with E-state index in [-0.39, 0.29) is 5.91 Å². The molecule has 3 nitrogen and oxygen atoms in total. The van der Waals surface area contributed by atoms with Gasteiger partial charge >= 0.3 is 0 Å². The molecular weight excluding hydrogens is 224 g/mol. The van der Waals surface area contributed by atoms with Crippen LogP contribution in [0.5, 0.6) is 0 Å². The Kier molecular flexibility index (Phi) is 4.77. The summed E-state index contributed by atoms with van der Waals surface area (Å²) in [7, 11) is 1.75. The third kappa shape index (κ3) is 3.51. The number of carbonyl (C=O) groups is 1. The standard InChI is InChI=1S/C12H17ClN2O/c1-3-11(14)12(16)15(2)8-9-5-4-6-10(13)7-9/h4-7,11H,3,8,14H2,1-2H3/t11-/m1/s1. The summed E-state index contributed by atoms with van der Waals surface area (Å²) in [6.45, 7) is 2.43. The first kappa shape index (κ1) is 13.0. The number of nitrogens with zero attached hydrogens (tertiary/aromatic N) is 1. The van der Waals surface area contributed by atoms with Crippen molar-refractivity contribution in [1.82, 2.24) is 4.90 Å². The van der Waals surface area contributed by atoms with Gasteiger partial charge in [0, 0.05) is 18.6 Å². The molecule has 0 aliphatic heterocycles. The maximum atomic E-state index is 11.7. The van der Waals surface area contributed by atoms with Crippen LogP contribution in [0, 0.1) is 0 Å². The molecule has 1 aromatic carbocycles. The van der Waals surface area contributed by atoms with Crippen molar-refractivity contribution in [3.8, 4) is 0 Å². The average Bonchev–Trinajstić information content (AvgIpc) is 2.27. The van der Waals surface area contributed by atoms with Gasteiger partial charge in [-0.15, -0.1) is 0 Å². The van der Waals surface area contributed by atoms with Crippen LogP contribution in [-0.4, -0.2) is 23.9 Å². The minimum Gasteiger partial charge on any atom is -0.340 e. The number of hydrogen-bond acceptors (Lipinski definition) is 2. The van der Waals surface area contributed by atoms with Crippen molar-refractivity contribution in [2.75, 3.05) is 7.05 Å². The van der Waals surface area contributed by atoms with Gasteiger partial charge < -0.3 is 10.6 Å². The van der Waals surface area contributed by atoms with Crippen LogP contribution < -0.4 is 5.73 Å². The van der Waals surface area contributed by atoms with Crippen LogP contribution in [0.25, 0.3) is 0 Å². The molecule has 0 unspecified atom stereocenters. The van der Waals surface area contributed by atoms with Gasteiger partial charge in [0.05, 0.1) is 6.04 Å². The summed E-state index contributed by atoms with van der Waals surface area (Å²) >= 11 is 5.87. The number of benzene rings is 1. The van der Waals surface area contributed by atoms with E-state index >= 15 is 0 Å². The Labute approximate surface area is 101 Å². The lowest BCUT2D eigenvalue weighted by Gasteiger charge is -2.20. The van der Waals surface area contributed by atoms with Crippen molar-refractivity contribution in [3.05, 3.63) is 34.9 Å². The van der Waals surface area contributed by atoms with Crippen LogP contribution in [0.15, 0.2) is 24.3 Å². The molecule has 0 fully saturated rings. The van der Waals surface area contributed by atoms with E-state index in [0.29, 0.717) is 18.0 Å². The van der Waals surface area contributed by atoms with Gasteiger partial charge in [-0.05, 0) is 24.1 Å². The molecule has 0 spiro atoms. The van der Waals surface area contributed by atoms with Gasteiger partial charge in [0.25, 0.3) is 0 Å². The lowest BCUT2D eigenvalue weighted by atomic mass is 10.2. The maximum absolute atomic E-state index is 11.7. The SMILES string of the molecule is CC[C@@H](N)C(=O)N(C)Cc1cccc(Cl)c1. The van der Waals surface area contributed by atoms with Gasteiger partial charge in [0.15, 0.2) is 0 Å². The Morgan fingerprint density at radius 1 is 1.56 bits per heavy atom. The molecule has 0 saturated carbocycles. The fraction of sp³-hybridized carbons (Fsp3) is 0.417. The largest absolute Gasteiger partial charge is 0.340 e. The molecule has 0 radical (unpaired) electrons. The van der Waals surface area contributed by atoms with E-state index in [4.69, 9.17) is 17.3 Å². The summed E-state index contributed by atoms with van der Waals surface area (Å²) in [5, 5.41) is 0.679. The third-order valence-corrected chi connectivity index (χ3v) is 2.68. The average molecular weight is 241 g/mol. The lowest BCUT2D eigenvalue weighted by molar-refractivity contribution is -0.131. The molecular formula is C12H17ClN2O. The number of hydrogen-bond donors (Lipinski definition) is 1. The lowest BCUT2D eigenvalue weighted by Crippen LogP contribution is -2.40. The van der Waals surface area contributed by atoms with Crippen LogP contribution in [0.4, 0.5) is 0 Å². The van der Waals surface area contributed by atoms with E-state index in [9.17, 15) is 4.79 Å². The van der Waals surface area contributed by atoms with Crippen molar-refractivity contribution in [3.63, 3.8) is 0 Å². The van der Waals surface area contributed by atoms with Crippen LogP contribution >= 0.6 is 11.6 Å². The molecule has 0 saturated heterocycles. The zero-order chi connectivity index (χ0) is 12.1. The summed E-state index contributed by atoms with van der Waals surface area (Å²) in [5.74, 6) is -0.0394. The second kappa shape index (κ2) is 5.87. The summed E-state index contributed by atoms with van der Waals surface area (Å²) in [4.78, 5) is 13.4. The van der Waals surface area contributed by atoms with Gasteiger partial charge in [-0.2, -0.15) is 0 Å². The molecule has 0 aliphatic carbocycles. The Hall–Kier alpha value is -1.06. The van der Waals surface area contributed by atoms with Crippen LogP contribution in [0.3, 0.4) is 0 Å². The summed E-state index contributed by atoms with van der Waals surface area (Å²) < 4.78 is 0. The molecule has 4 heteroatoms. The van der Waals surface area contributed by atoms with Gasteiger partial charge in [0.2, 0.25) is 5.91 Å². The summed E-state index contributed by atoms with van der Waals surface area (Å²) in [6, 6.07) is 7.06. The zero-order valence-corrected chi connectivity index (χ0v) is 10.4. The Bertz CT molecular complexity index is 368. The second-order valence-corrected chi connectivity index (χ2v) is 4.28. The molecule has 1 amide bonds. The van der Waals surface area contributed by atoms with Crippen molar-refractivity contribution < 1.29 is 4.79 Å². The number of nitrogens with two attached hydrogens (primary N) is 1. The molecule has 2 N–H and O–H groups in total. The summed E-state index contributed by atoms with van der Waals surface area (Å²) in [5.41, 5.74) is 6.69. The predicted octanol–water partition coefficient (Wildman–Crippen LogP) is 2.04. The monoisotopic (exact) mass is 240 g/mol. The number of carbonyl (C=O) groups excluding carboxylic acids is 1. The highest BCUT2D eigenvalue weighted by atomic mass is 35.5. The number of likely N-dealkylation sites (N-methyl/N-ethyl adjacent to an activating group) is 1. The van der Waals surface area contributed by atoms with Gasteiger partial charge in [-0.3, -0.25) is 4.79 Å². The highest BCUT2D eigenvalue weighted by Gasteiger charge is 2.15. The number of halogens is 1. The first-order valence-electron chi connectivity index (χ1n) is 5.29. The van der Waals surface area contributed by atoms with Crippen LogP contribution in [-0.2, 0) is 11.3 Å². The van der Waals surface area contributed by atoms with Crippen molar-refractivity contribution in [2.45, 2.75) is 25.9 Å². The molecule has 0 aromatic heterocycles. The zero-order valence-electron chi connectivity index (χ0n) is 9.61. The van der Waals surface area contributed by atoms with E-state index in [1.54, 1.807) is 11.9 Å². The van der Waals surface area contributed by atoms with Gasteiger partial charge in [-0.1, -0.05) is 30.7 Å². The number of rotatable bonds is 4. The molecule has 88 valence electrons. The van der Waals surface area contributed by atoms with Crippen molar-refractivity contribution >= 4 is 17.5 Å². The highest BCUT2D eigenvalue weighted by Crippen LogP contribution is 2.12. The Balaban J connectivity index is 2.64. The third-order valence-electron chi connectivity index (χ3n) is 2.44. The predicted molar refractivity (Wildman–Crippen MR) is 66.2 cm³/mol. The second-order valence-electron chi connectivity index (χ2n) is 3.84. The van der Waals surface area contributed by atoms with E-state index in [2.05, 4.69) is 0 Å². The quantitative estimate of drug-likeness (QED) is 0.876. The van der Waals surface area contributed by atoms with E-state index < -0.39 is 6.04 Å². The molecule has 16 heavy (non-hydrogen) atoms. The minimum absolute atomic E-state index is 0.0394. The van der Waals surface area contributed by atoms with E-state index in [1.807, 2.05) is 31.2 Å². The van der Waals surface area contributed by atoms with Crippen LogP contribution in [0.2, 0.25) is 5.02 Å². The fourth-order valence-corrected chi connectivity index (χ4v) is 1.66. The van der Waals surface area contributed by atoms with Crippen molar-refractivity contribution in [1.29, 1.82) is 0 Å². The first-order chi connectivity index (χ1) is 7.54. The summed E-state index contributed by atoms with van der Waals surface area (Å²) in [6.07, 6.45) is 0.652. The fourth-order valence-electron chi connectivity index (χ4n) is 1.44. The molecule has 0 bridgehead atoms. The van der Waals surface area contributed by atoms with E-state index in [1.165, 1.54) is 0 Å². The number of amides is 1. The molecule has 1 aromatic rings. The molecule has 0 aliphatic rings. The maximum Gasteiger partial charge on any atom is 0.239 e. The Morgan fingerprint density at radius 3 is 2.81 bits per heavy atom. The van der Waals surface area contributed by atoms with Crippen molar-refractivity contribution in [2.24, 2.45) is 5.73 Å². The normalized spacial score (nSPS) is 12.2. The molecule has 1 atom stereocenters. The minimum atomic E-state index is -0.413. The van der Waals surface area contributed by atoms with Gasteiger partial charge in [-0.25, -0.2) is 0 Å². The van der Waals surface area contributed by atoms with E-state index in [0.717, 1.165) is 5.56 Å². The van der Waals surface area contributed by atoms with Crippen LogP contribution in [0.1, 0.15) is 18.9 Å². The highest BCUT2D eigenvalue weighted by molar-refractivity contribution is 6.30. The smallest absolute Gasteiger partial charge is 0.239 e. The molecule has 1 rings (SSSR count). The Morgan fingerprint density at radius 2 is 2.25 bits per heavy atom. The van der Waals surface area contributed by atoms with Gasteiger partial charge in [0.1, 0.15) is 0 Å². The first-order valence-corrected chi connectivity index (χ1v) is 5.67. The topological polar surface area (TPSA) is 46.3 Å².